The summed E-state index contributed by atoms with van der Waals surface area (Å²) in [6.07, 6.45) is 1.48. The van der Waals surface area contributed by atoms with Crippen molar-refractivity contribution in [2.45, 2.75) is 19.3 Å². The van der Waals surface area contributed by atoms with Gasteiger partial charge in [0, 0.05) is 11.0 Å². The molecule has 5 heteroatoms. The Labute approximate surface area is 116 Å². The van der Waals surface area contributed by atoms with Gasteiger partial charge in [-0.15, -0.1) is 0 Å². The van der Waals surface area contributed by atoms with Gasteiger partial charge in [-0.3, -0.25) is 4.79 Å². The van der Waals surface area contributed by atoms with Crippen LogP contribution in [0.3, 0.4) is 0 Å². The lowest BCUT2D eigenvalue weighted by molar-refractivity contribution is -0.132. The number of carbonyl (C=O) groups is 2. The van der Waals surface area contributed by atoms with E-state index in [1.165, 1.54) is 26.4 Å². The van der Waals surface area contributed by atoms with Gasteiger partial charge in [0.2, 0.25) is 0 Å². The zero-order valence-corrected chi connectivity index (χ0v) is 11.8. The average molecular weight is 276 g/mol. The molecule has 1 aliphatic carbocycles. The zero-order valence-electron chi connectivity index (χ0n) is 11.8. The predicted molar refractivity (Wildman–Crippen MR) is 72.6 cm³/mol. The Balaban J connectivity index is 2.72. The first-order valence-electron chi connectivity index (χ1n) is 6.09. The van der Waals surface area contributed by atoms with Crippen LogP contribution in [0.15, 0.2) is 23.8 Å². The Hall–Kier alpha value is -2.30. The number of aliphatic carboxylic acids is 1. The van der Waals surface area contributed by atoms with Gasteiger partial charge in [-0.1, -0.05) is 19.9 Å². The standard InChI is InChI=1S/C15H16O5/c1-15(2)7-9(14(17)18)13(16)8-5-11(19-3)12(20-4)6-10(8)15/h5-7H,1-4H3,(H,17,18). The van der Waals surface area contributed by atoms with Gasteiger partial charge in [0.15, 0.2) is 17.3 Å². The molecule has 2 rings (SSSR count). The monoisotopic (exact) mass is 276 g/mol. The van der Waals surface area contributed by atoms with Gasteiger partial charge in [0.1, 0.15) is 5.57 Å². The lowest BCUT2D eigenvalue weighted by Gasteiger charge is -2.29. The van der Waals surface area contributed by atoms with E-state index in [1.54, 1.807) is 6.07 Å². The van der Waals surface area contributed by atoms with E-state index < -0.39 is 17.2 Å². The van der Waals surface area contributed by atoms with Crippen molar-refractivity contribution in [1.29, 1.82) is 0 Å². The summed E-state index contributed by atoms with van der Waals surface area (Å²) in [7, 11) is 2.98. The van der Waals surface area contributed by atoms with Crippen molar-refractivity contribution in [3.63, 3.8) is 0 Å². The second-order valence-electron chi connectivity index (χ2n) is 5.17. The van der Waals surface area contributed by atoms with Crippen LogP contribution in [0.2, 0.25) is 0 Å². The number of Topliss-reactive ketones (excluding diaryl/α,β-unsaturated/α-hetero) is 1. The molecule has 0 saturated carbocycles. The molecule has 0 saturated heterocycles. The molecule has 0 aromatic heterocycles. The molecule has 0 fully saturated rings. The van der Waals surface area contributed by atoms with Gasteiger partial charge in [-0.05, 0) is 17.7 Å². The molecule has 1 N–H and O–H groups in total. The van der Waals surface area contributed by atoms with Gasteiger partial charge in [0.25, 0.3) is 0 Å². The Bertz CT molecular complexity index is 625. The number of carboxylic acids is 1. The summed E-state index contributed by atoms with van der Waals surface area (Å²) in [5.41, 5.74) is 0.281. The first-order chi connectivity index (χ1) is 9.31. The fourth-order valence-corrected chi connectivity index (χ4v) is 2.41. The van der Waals surface area contributed by atoms with Crippen molar-refractivity contribution in [2.24, 2.45) is 0 Å². The summed E-state index contributed by atoms with van der Waals surface area (Å²) < 4.78 is 10.4. The molecule has 0 bridgehead atoms. The van der Waals surface area contributed by atoms with Crippen molar-refractivity contribution in [3.05, 3.63) is 34.9 Å². The van der Waals surface area contributed by atoms with Gasteiger partial charge in [-0.2, -0.15) is 0 Å². The molecule has 0 aliphatic heterocycles. The summed E-state index contributed by atoms with van der Waals surface area (Å²) in [4.78, 5) is 23.5. The van der Waals surface area contributed by atoms with Crippen molar-refractivity contribution in [2.75, 3.05) is 14.2 Å². The smallest absolute Gasteiger partial charge is 0.339 e. The molecule has 20 heavy (non-hydrogen) atoms. The molecule has 0 unspecified atom stereocenters. The second kappa shape index (κ2) is 4.67. The van der Waals surface area contributed by atoms with Crippen molar-refractivity contribution < 1.29 is 24.2 Å². The maximum Gasteiger partial charge on any atom is 0.339 e. The van der Waals surface area contributed by atoms with Gasteiger partial charge < -0.3 is 14.6 Å². The number of methoxy groups -OCH3 is 2. The number of ketones is 1. The lowest BCUT2D eigenvalue weighted by atomic mass is 9.74. The highest BCUT2D eigenvalue weighted by molar-refractivity contribution is 6.25. The molecule has 0 heterocycles. The van der Waals surface area contributed by atoms with Crippen LogP contribution in [0.4, 0.5) is 0 Å². The number of carboxylic acid groups (broad SMARTS) is 1. The van der Waals surface area contributed by atoms with E-state index in [2.05, 4.69) is 0 Å². The number of carbonyl (C=O) groups excluding carboxylic acids is 1. The molecule has 1 aliphatic rings. The summed E-state index contributed by atoms with van der Waals surface area (Å²) >= 11 is 0. The summed E-state index contributed by atoms with van der Waals surface area (Å²) in [5, 5.41) is 9.15. The number of fused-ring (bicyclic) bond motifs is 1. The van der Waals surface area contributed by atoms with Gasteiger partial charge in [-0.25, -0.2) is 4.79 Å². The number of hydrogen-bond donors (Lipinski definition) is 1. The number of benzene rings is 1. The molecule has 1 aromatic rings. The molecule has 106 valence electrons. The fourth-order valence-electron chi connectivity index (χ4n) is 2.41. The van der Waals surface area contributed by atoms with Crippen molar-refractivity contribution in [1.82, 2.24) is 0 Å². The number of ether oxygens (including phenoxy) is 2. The third-order valence-corrected chi connectivity index (χ3v) is 3.44. The Morgan fingerprint density at radius 2 is 1.70 bits per heavy atom. The van der Waals surface area contributed by atoms with Gasteiger partial charge >= 0.3 is 5.97 Å². The molecule has 0 atom stereocenters. The number of rotatable bonds is 3. The van der Waals surface area contributed by atoms with Gasteiger partial charge in [0.05, 0.1) is 14.2 Å². The quantitative estimate of drug-likeness (QED) is 0.857. The van der Waals surface area contributed by atoms with Crippen LogP contribution < -0.4 is 9.47 Å². The van der Waals surface area contributed by atoms with Crippen LogP contribution in [0.5, 0.6) is 11.5 Å². The Morgan fingerprint density at radius 3 is 2.20 bits per heavy atom. The normalized spacial score (nSPS) is 16.2. The van der Waals surface area contributed by atoms with Crippen LogP contribution in [0, 0.1) is 0 Å². The van der Waals surface area contributed by atoms with Crippen LogP contribution >= 0.6 is 0 Å². The Kier molecular flexibility index (Phi) is 3.29. The van der Waals surface area contributed by atoms with Crippen LogP contribution in [-0.4, -0.2) is 31.1 Å². The molecule has 0 spiro atoms. The molecule has 0 amide bonds. The SMILES string of the molecule is COc1cc2c(cc1OC)C(C)(C)C=C(C(=O)O)C2=O. The van der Waals surface area contributed by atoms with E-state index in [-0.39, 0.29) is 5.57 Å². The largest absolute Gasteiger partial charge is 0.493 e. The van der Waals surface area contributed by atoms with E-state index in [0.717, 1.165) is 5.56 Å². The number of allylic oxidation sites excluding steroid dienone is 1. The van der Waals surface area contributed by atoms with Crippen LogP contribution in [0.25, 0.3) is 0 Å². The summed E-state index contributed by atoms with van der Waals surface area (Å²) in [6.45, 7) is 3.71. The molecule has 1 aromatic carbocycles. The zero-order chi connectivity index (χ0) is 15.1. The van der Waals surface area contributed by atoms with Crippen molar-refractivity contribution >= 4 is 11.8 Å². The third-order valence-electron chi connectivity index (χ3n) is 3.44. The fraction of sp³-hybridized carbons (Fsp3) is 0.333. The molecular weight excluding hydrogens is 260 g/mol. The molecule has 0 radical (unpaired) electrons. The average Bonchev–Trinajstić information content (AvgIpc) is 2.41. The highest BCUT2D eigenvalue weighted by Gasteiger charge is 2.36. The van der Waals surface area contributed by atoms with E-state index in [4.69, 9.17) is 14.6 Å². The maximum atomic E-state index is 12.3. The number of hydrogen-bond acceptors (Lipinski definition) is 4. The van der Waals surface area contributed by atoms with E-state index >= 15 is 0 Å². The van der Waals surface area contributed by atoms with Crippen LogP contribution in [-0.2, 0) is 10.2 Å². The topological polar surface area (TPSA) is 72.8 Å². The minimum Gasteiger partial charge on any atom is -0.493 e. The first kappa shape index (κ1) is 14.1. The van der Waals surface area contributed by atoms with E-state index in [1.807, 2.05) is 13.8 Å². The molecular formula is C15H16O5. The maximum absolute atomic E-state index is 12.3. The predicted octanol–water partition coefficient (Wildman–Crippen LogP) is 2.19. The van der Waals surface area contributed by atoms with Crippen LogP contribution in [0.1, 0.15) is 29.8 Å². The highest BCUT2D eigenvalue weighted by Crippen LogP contribution is 2.41. The highest BCUT2D eigenvalue weighted by atomic mass is 16.5. The summed E-state index contributed by atoms with van der Waals surface area (Å²) in [5.74, 6) is -0.808. The second-order valence-corrected chi connectivity index (χ2v) is 5.17. The van der Waals surface area contributed by atoms with E-state index in [9.17, 15) is 9.59 Å². The van der Waals surface area contributed by atoms with E-state index in [0.29, 0.717) is 17.1 Å². The van der Waals surface area contributed by atoms with Crippen molar-refractivity contribution in [3.8, 4) is 11.5 Å². The lowest BCUT2D eigenvalue weighted by Crippen LogP contribution is -2.29. The first-order valence-corrected chi connectivity index (χ1v) is 6.09. The summed E-state index contributed by atoms with van der Waals surface area (Å²) in [6, 6.07) is 3.26. The minimum absolute atomic E-state index is 0.213. The molecule has 5 nitrogen and oxygen atoms in total. The third kappa shape index (κ3) is 2.05. The minimum atomic E-state index is -1.22. The Morgan fingerprint density at radius 1 is 1.15 bits per heavy atom.